The highest BCUT2D eigenvalue weighted by Gasteiger charge is 2.06. The highest BCUT2D eigenvalue weighted by molar-refractivity contribution is 9.10. The summed E-state index contributed by atoms with van der Waals surface area (Å²) in [5.41, 5.74) is 3.04. The molecule has 21 heavy (non-hydrogen) atoms. The summed E-state index contributed by atoms with van der Waals surface area (Å²) in [4.78, 5) is 4.47. The van der Waals surface area contributed by atoms with Crippen LogP contribution < -0.4 is 5.32 Å². The van der Waals surface area contributed by atoms with Crippen LogP contribution in [0.3, 0.4) is 0 Å². The van der Waals surface area contributed by atoms with Crippen LogP contribution in [0, 0.1) is 0 Å². The largest absolute Gasteiger partial charge is 0.381 e. The van der Waals surface area contributed by atoms with Crippen LogP contribution in [0.2, 0.25) is 10.0 Å². The van der Waals surface area contributed by atoms with Crippen LogP contribution in [-0.2, 0) is 6.54 Å². The summed E-state index contributed by atoms with van der Waals surface area (Å²) in [6.45, 7) is 0.665. The summed E-state index contributed by atoms with van der Waals surface area (Å²) < 4.78 is 1.05. The second kappa shape index (κ2) is 6.22. The molecule has 0 unspecified atom stereocenters. The van der Waals surface area contributed by atoms with E-state index in [1.807, 2.05) is 24.3 Å². The number of rotatable bonds is 3. The van der Waals surface area contributed by atoms with Crippen LogP contribution >= 0.6 is 39.1 Å². The van der Waals surface area contributed by atoms with E-state index in [2.05, 4.69) is 38.4 Å². The van der Waals surface area contributed by atoms with Crippen LogP contribution in [0.4, 0.5) is 5.69 Å². The van der Waals surface area contributed by atoms with Gasteiger partial charge in [0.2, 0.25) is 0 Å². The normalized spacial score (nSPS) is 10.8. The van der Waals surface area contributed by atoms with Crippen LogP contribution in [0.25, 0.3) is 10.9 Å². The van der Waals surface area contributed by atoms with Crippen molar-refractivity contribution >= 4 is 55.7 Å². The van der Waals surface area contributed by atoms with E-state index in [4.69, 9.17) is 23.2 Å². The van der Waals surface area contributed by atoms with Crippen molar-refractivity contribution in [2.75, 3.05) is 5.32 Å². The maximum atomic E-state index is 6.02. The summed E-state index contributed by atoms with van der Waals surface area (Å²) in [6.07, 6.45) is 1.80. The first kappa shape index (κ1) is 14.6. The van der Waals surface area contributed by atoms with Crippen molar-refractivity contribution < 1.29 is 0 Å². The number of nitrogens with zero attached hydrogens (tertiary/aromatic N) is 1. The number of pyridine rings is 1. The fourth-order valence-corrected chi connectivity index (χ4v) is 2.89. The second-order valence-electron chi connectivity index (χ2n) is 4.59. The highest BCUT2D eigenvalue weighted by Crippen LogP contribution is 2.27. The molecular formula is C16H11BrCl2N2. The second-order valence-corrected chi connectivity index (χ2v) is 6.26. The summed E-state index contributed by atoms with van der Waals surface area (Å²) >= 11 is 15.5. The van der Waals surface area contributed by atoms with Gasteiger partial charge in [-0.2, -0.15) is 0 Å². The van der Waals surface area contributed by atoms with E-state index in [9.17, 15) is 0 Å². The molecule has 0 atom stereocenters. The first-order chi connectivity index (χ1) is 10.1. The molecule has 0 bridgehead atoms. The van der Waals surface area contributed by atoms with Gasteiger partial charge >= 0.3 is 0 Å². The maximum Gasteiger partial charge on any atom is 0.0763 e. The fraction of sp³-hybridized carbons (Fsp3) is 0.0625. The zero-order valence-corrected chi connectivity index (χ0v) is 14.0. The van der Waals surface area contributed by atoms with Gasteiger partial charge in [-0.1, -0.05) is 51.3 Å². The molecule has 0 saturated carbocycles. The van der Waals surface area contributed by atoms with Gasteiger partial charge in [0.1, 0.15) is 0 Å². The van der Waals surface area contributed by atoms with Gasteiger partial charge in [0.25, 0.3) is 0 Å². The Bertz CT molecular complexity index is 805. The Kier molecular flexibility index (Phi) is 4.34. The predicted molar refractivity (Wildman–Crippen MR) is 93.2 cm³/mol. The standard InChI is InChI=1S/C16H11BrCl2N2/c17-13-5-3-10(16-12(13)2-1-7-20-16)9-21-11-4-6-14(18)15(19)8-11/h1-8,21H,9H2. The molecule has 1 aromatic heterocycles. The van der Waals surface area contributed by atoms with Crippen molar-refractivity contribution in [1.29, 1.82) is 0 Å². The Morgan fingerprint density at radius 2 is 1.90 bits per heavy atom. The summed E-state index contributed by atoms with van der Waals surface area (Å²) in [5.74, 6) is 0. The topological polar surface area (TPSA) is 24.9 Å². The highest BCUT2D eigenvalue weighted by atomic mass is 79.9. The third-order valence-electron chi connectivity index (χ3n) is 3.20. The van der Waals surface area contributed by atoms with Gasteiger partial charge in [-0.15, -0.1) is 0 Å². The smallest absolute Gasteiger partial charge is 0.0763 e. The Balaban J connectivity index is 1.88. The molecule has 5 heteroatoms. The Labute approximate surface area is 141 Å². The molecule has 2 aromatic carbocycles. The van der Waals surface area contributed by atoms with Crippen LogP contribution in [0.1, 0.15) is 5.56 Å². The number of hydrogen-bond donors (Lipinski definition) is 1. The zero-order valence-electron chi connectivity index (χ0n) is 10.9. The third-order valence-corrected chi connectivity index (χ3v) is 4.63. The molecule has 0 saturated heterocycles. The average molecular weight is 382 g/mol. The molecule has 2 nitrogen and oxygen atoms in total. The van der Waals surface area contributed by atoms with Gasteiger partial charge in [-0.3, -0.25) is 4.98 Å². The van der Waals surface area contributed by atoms with Crippen molar-refractivity contribution in [3.8, 4) is 0 Å². The van der Waals surface area contributed by atoms with E-state index in [-0.39, 0.29) is 0 Å². The minimum atomic E-state index is 0.542. The van der Waals surface area contributed by atoms with E-state index in [0.717, 1.165) is 26.6 Å². The SMILES string of the molecule is Clc1ccc(NCc2ccc(Br)c3cccnc23)cc1Cl. The maximum absolute atomic E-state index is 6.02. The van der Waals surface area contributed by atoms with Crippen LogP contribution in [0.15, 0.2) is 53.1 Å². The minimum absolute atomic E-state index is 0.542. The lowest BCUT2D eigenvalue weighted by atomic mass is 10.1. The molecule has 106 valence electrons. The number of nitrogens with one attached hydrogen (secondary N) is 1. The van der Waals surface area contributed by atoms with Crippen molar-refractivity contribution in [2.45, 2.75) is 6.54 Å². The first-order valence-electron chi connectivity index (χ1n) is 6.36. The summed E-state index contributed by atoms with van der Waals surface area (Å²) in [5, 5.41) is 5.54. The van der Waals surface area contributed by atoms with Crippen LogP contribution in [0.5, 0.6) is 0 Å². The lowest BCUT2D eigenvalue weighted by Crippen LogP contribution is -2.01. The Hall–Kier alpha value is -1.29. The lowest BCUT2D eigenvalue weighted by molar-refractivity contribution is 1.15. The monoisotopic (exact) mass is 380 g/mol. The molecule has 0 fully saturated rings. The van der Waals surface area contributed by atoms with Crippen molar-refractivity contribution in [3.05, 3.63) is 68.7 Å². The van der Waals surface area contributed by atoms with E-state index < -0.39 is 0 Å². The van der Waals surface area contributed by atoms with Gasteiger partial charge in [0.15, 0.2) is 0 Å². The van der Waals surface area contributed by atoms with Gasteiger partial charge in [-0.05, 0) is 35.9 Å². The van der Waals surface area contributed by atoms with Crippen molar-refractivity contribution in [2.24, 2.45) is 0 Å². The third kappa shape index (κ3) is 3.15. The Morgan fingerprint density at radius 1 is 1.05 bits per heavy atom. The van der Waals surface area contributed by atoms with E-state index in [1.165, 1.54) is 0 Å². The minimum Gasteiger partial charge on any atom is -0.381 e. The molecule has 1 heterocycles. The van der Waals surface area contributed by atoms with E-state index in [1.54, 1.807) is 12.3 Å². The Morgan fingerprint density at radius 3 is 2.71 bits per heavy atom. The van der Waals surface area contributed by atoms with Gasteiger partial charge in [0, 0.05) is 28.3 Å². The molecular weight excluding hydrogens is 371 g/mol. The predicted octanol–water partition coefficient (Wildman–Crippen LogP) is 5.92. The molecule has 0 amide bonds. The van der Waals surface area contributed by atoms with Crippen LogP contribution in [-0.4, -0.2) is 4.98 Å². The molecule has 0 spiro atoms. The van der Waals surface area contributed by atoms with E-state index >= 15 is 0 Å². The van der Waals surface area contributed by atoms with Gasteiger partial charge in [0.05, 0.1) is 15.6 Å². The molecule has 0 aliphatic rings. The van der Waals surface area contributed by atoms with Gasteiger partial charge in [-0.25, -0.2) is 0 Å². The first-order valence-corrected chi connectivity index (χ1v) is 7.91. The number of hydrogen-bond acceptors (Lipinski definition) is 2. The van der Waals surface area contributed by atoms with E-state index in [0.29, 0.717) is 16.6 Å². The summed E-state index contributed by atoms with van der Waals surface area (Å²) in [7, 11) is 0. The molecule has 0 aliphatic heterocycles. The average Bonchev–Trinajstić information content (AvgIpc) is 2.50. The molecule has 0 radical (unpaired) electrons. The zero-order chi connectivity index (χ0) is 14.8. The number of fused-ring (bicyclic) bond motifs is 1. The van der Waals surface area contributed by atoms with Gasteiger partial charge < -0.3 is 5.32 Å². The lowest BCUT2D eigenvalue weighted by Gasteiger charge is -2.10. The number of aromatic nitrogens is 1. The van der Waals surface area contributed by atoms with Crippen molar-refractivity contribution in [1.82, 2.24) is 4.98 Å². The number of benzene rings is 2. The quantitative estimate of drug-likeness (QED) is 0.609. The number of anilines is 1. The molecule has 3 aromatic rings. The fourth-order valence-electron chi connectivity index (χ4n) is 2.14. The molecule has 1 N–H and O–H groups in total. The summed E-state index contributed by atoms with van der Waals surface area (Å²) in [6, 6.07) is 13.6. The number of halogens is 3. The molecule has 0 aliphatic carbocycles. The molecule has 3 rings (SSSR count). The van der Waals surface area contributed by atoms with Crippen molar-refractivity contribution in [3.63, 3.8) is 0 Å².